The van der Waals surface area contributed by atoms with Crippen molar-refractivity contribution in [3.8, 4) is 5.75 Å². The molecule has 1 atom stereocenters. The van der Waals surface area contributed by atoms with Crippen LogP contribution in [-0.2, 0) is 4.79 Å². The predicted octanol–water partition coefficient (Wildman–Crippen LogP) is 1.53. The van der Waals surface area contributed by atoms with Crippen LogP contribution in [0.2, 0.25) is 5.02 Å². The molecule has 1 aliphatic rings. The highest BCUT2D eigenvalue weighted by Gasteiger charge is 2.25. The molecule has 4 nitrogen and oxygen atoms in total. The lowest BCUT2D eigenvalue weighted by Gasteiger charge is -2.16. The molecule has 18 heavy (non-hydrogen) atoms. The predicted molar refractivity (Wildman–Crippen MR) is 70.7 cm³/mol. The van der Waals surface area contributed by atoms with Crippen molar-refractivity contribution in [3.05, 3.63) is 29.3 Å². The fourth-order valence-electron chi connectivity index (χ4n) is 2.02. The topological polar surface area (TPSA) is 55.6 Å². The van der Waals surface area contributed by atoms with E-state index in [1.165, 1.54) is 0 Å². The lowest BCUT2D eigenvalue weighted by Crippen LogP contribution is -2.33. The van der Waals surface area contributed by atoms with Gasteiger partial charge in [0.05, 0.1) is 0 Å². The highest BCUT2D eigenvalue weighted by atomic mass is 35.5. The molecule has 0 radical (unpaired) electrons. The van der Waals surface area contributed by atoms with E-state index < -0.39 is 0 Å². The highest BCUT2D eigenvalue weighted by Crippen LogP contribution is 2.17. The van der Waals surface area contributed by atoms with Crippen LogP contribution in [0.4, 0.5) is 0 Å². The van der Waals surface area contributed by atoms with Crippen LogP contribution in [-0.4, -0.2) is 37.0 Å². The van der Waals surface area contributed by atoms with Gasteiger partial charge in [-0.3, -0.25) is 4.79 Å². The molecule has 1 heterocycles. The Balaban J connectivity index is 1.80. The van der Waals surface area contributed by atoms with Gasteiger partial charge in [-0.25, -0.2) is 0 Å². The van der Waals surface area contributed by atoms with Crippen LogP contribution < -0.4 is 10.5 Å². The Labute approximate surface area is 112 Å². The number of likely N-dealkylation sites (tertiary alicyclic amines) is 1. The third kappa shape index (κ3) is 3.37. The first-order valence-corrected chi connectivity index (χ1v) is 6.43. The maximum absolute atomic E-state index is 11.9. The molecule has 1 fully saturated rings. The number of ether oxygens (including phenoxy) is 1. The Hall–Kier alpha value is -1.26. The number of hydrogen-bond donors (Lipinski definition) is 1. The largest absolute Gasteiger partial charge is 0.484 e. The maximum Gasteiger partial charge on any atom is 0.260 e. The molecular formula is C13H17ClN2O2. The molecule has 1 aliphatic heterocycles. The molecule has 1 saturated heterocycles. The Morgan fingerprint density at radius 1 is 1.44 bits per heavy atom. The summed E-state index contributed by atoms with van der Waals surface area (Å²) in [6.45, 7) is 2.24. The van der Waals surface area contributed by atoms with Gasteiger partial charge >= 0.3 is 0 Å². The van der Waals surface area contributed by atoms with Crippen LogP contribution in [0, 0.1) is 5.92 Å². The Bertz CT molecular complexity index is 408. The summed E-state index contributed by atoms with van der Waals surface area (Å²) in [6.07, 6.45) is 0.989. The van der Waals surface area contributed by atoms with Crippen LogP contribution in [0.25, 0.3) is 0 Å². The minimum absolute atomic E-state index is 0.0147. The number of rotatable bonds is 4. The van der Waals surface area contributed by atoms with Crippen molar-refractivity contribution in [2.24, 2.45) is 11.7 Å². The quantitative estimate of drug-likeness (QED) is 0.901. The van der Waals surface area contributed by atoms with Crippen molar-refractivity contribution < 1.29 is 9.53 Å². The average molecular weight is 269 g/mol. The smallest absolute Gasteiger partial charge is 0.260 e. The van der Waals surface area contributed by atoms with E-state index in [1.807, 2.05) is 4.90 Å². The number of nitrogens with two attached hydrogens (primary N) is 1. The summed E-state index contributed by atoms with van der Waals surface area (Å²) < 4.78 is 5.42. The third-order valence-corrected chi connectivity index (χ3v) is 3.40. The summed E-state index contributed by atoms with van der Waals surface area (Å²) in [7, 11) is 0. The zero-order chi connectivity index (χ0) is 13.0. The van der Waals surface area contributed by atoms with E-state index in [4.69, 9.17) is 22.1 Å². The lowest BCUT2D eigenvalue weighted by atomic mass is 10.1. The molecule has 1 aromatic carbocycles. The number of benzene rings is 1. The normalized spacial score (nSPS) is 19.0. The zero-order valence-electron chi connectivity index (χ0n) is 10.1. The second-order valence-electron chi connectivity index (χ2n) is 4.47. The minimum Gasteiger partial charge on any atom is -0.484 e. The van der Waals surface area contributed by atoms with Gasteiger partial charge in [-0.15, -0.1) is 0 Å². The highest BCUT2D eigenvalue weighted by molar-refractivity contribution is 6.30. The number of carbonyl (C=O) groups excluding carboxylic acids is 1. The van der Waals surface area contributed by atoms with Gasteiger partial charge in [0.15, 0.2) is 6.61 Å². The van der Waals surface area contributed by atoms with Gasteiger partial charge in [-0.05, 0) is 43.1 Å². The van der Waals surface area contributed by atoms with E-state index in [0.29, 0.717) is 23.2 Å². The third-order valence-electron chi connectivity index (χ3n) is 3.15. The van der Waals surface area contributed by atoms with Crippen LogP contribution in [0.15, 0.2) is 24.3 Å². The van der Waals surface area contributed by atoms with Gasteiger partial charge in [0, 0.05) is 18.1 Å². The molecule has 0 bridgehead atoms. The summed E-state index contributed by atoms with van der Waals surface area (Å²) in [5.74, 6) is 1.10. The standard InChI is InChI=1S/C13H17ClN2O2/c14-11-1-3-12(4-2-11)18-9-13(17)16-6-5-10(7-15)8-16/h1-4,10H,5-9,15H2. The summed E-state index contributed by atoms with van der Waals surface area (Å²) >= 11 is 5.77. The molecule has 98 valence electrons. The Morgan fingerprint density at radius 2 is 2.17 bits per heavy atom. The molecular weight excluding hydrogens is 252 g/mol. The Kier molecular flexibility index (Phi) is 4.44. The minimum atomic E-state index is 0.0147. The van der Waals surface area contributed by atoms with E-state index in [-0.39, 0.29) is 12.5 Å². The molecule has 1 unspecified atom stereocenters. The fraction of sp³-hybridized carbons (Fsp3) is 0.462. The molecule has 2 N–H and O–H groups in total. The van der Waals surface area contributed by atoms with Crippen molar-refractivity contribution in [2.75, 3.05) is 26.2 Å². The van der Waals surface area contributed by atoms with Gasteiger partial charge < -0.3 is 15.4 Å². The molecule has 0 aromatic heterocycles. The second-order valence-corrected chi connectivity index (χ2v) is 4.91. The molecule has 1 amide bonds. The summed E-state index contributed by atoms with van der Waals surface area (Å²) in [5, 5.41) is 0.652. The van der Waals surface area contributed by atoms with Gasteiger partial charge in [0.25, 0.3) is 5.91 Å². The maximum atomic E-state index is 11.9. The van der Waals surface area contributed by atoms with Gasteiger partial charge in [0.1, 0.15) is 5.75 Å². The first kappa shape index (κ1) is 13.2. The van der Waals surface area contributed by atoms with Crippen LogP contribution in [0.3, 0.4) is 0 Å². The van der Waals surface area contributed by atoms with E-state index in [2.05, 4.69) is 0 Å². The van der Waals surface area contributed by atoms with Crippen LogP contribution in [0.1, 0.15) is 6.42 Å². The number of amides is 1. The van der Waals surface area contributed by atoms with E-state index in [9.17, 15) is 4.79 Å². The van der Waals surface area contributed by atoms with Crippen molar-refractivity contribution >= 4 is 17.5 Å². The van der Waals surface area contributed by atoms with Crippen LogP contribution >= 0.6 is 11.6 Å². The first-order valence-electron chi connectivity index (χ1n) is 6.05. The number of hydrogen-bond acceptors (Lipinski definition) is 3. The monoisotopic (exact) mass is 268 g/mol. The molecule has 5 heteroatoms. The van der Waals surface area contributed by atoms with Crippen molar-refractivity contribution in [1.82, 2.24) is 4.90 Å². The fourth-order valence-corrected chi connectivity index (χ4v) is 2.14. The molecule has 0 saturated carbocycles. The van der Waals surface area contributed by atoms with Gasteiger partial charge in [0.2, 0.25) is 0 Å². The summed E-state index contributed by atoms with van der Waals surface area (Å²) in [6, 6.07) is 6.98. The molecule has 0 aliphatic carbocycles. The second kappa shape index (κ2) is 6.07. The first-order chi connectivity index (χ1) is 8.69. The van der Waals surface area contributed by atoms with E-state index >= 15 is 0 Å². The molecule has 2 rings (SSSR count). The van der Waals surface area contributed by atoms with Gasteiger partial charge in [-0.2, -0.15) is 0 Å². The Morgan fingerprint density at radius 3 is 2.78 bits per heavy atom. The van der Waals surface area contributed by atoms with E-state index in [1.54, 1.807) is 24.3 Å². The summed E-state index contributed by atoms with van der Waals surface area (Å²) in [5.41, 5.74) is 5.59. The zero-order valence-corrected chi connectivity index (χ0v) is 10.9. The number of nitrogens with zero attached hydrogens (tertiary/aromatic N) is 1. The molecule has 0 spiro atoms. The molecule has 1 aromatic rings. The van der Waals surface area contributed by atoms with Crippen molar-refractivity contribution in [3.63, 3.8) is 0 Å². The summed E-state index contributed by atoms with van der Waals surface area (Å²) in [4.78, 5) is 13.7. The van der Waals surface area contributed by atoms with Crippen molar-refractivity contribution in [2.45, 2.75) is 6.42 Å². The average Bonchev–Trinajstić information content (AvgIpc) is 2.86. The SMILES string of the molecule is NCC1CCN(C(=O)COc2ccc(Cl)cc2)C1. The van der Waals surface area contributed by atoms with Gasteiger partial charge in [-0.1, -0.05) is 11.6 Å². The number of halogens is 1. The van der Waals surface area contributed by atoms with Crippen LogP contribution in [0.5, 0.6) is 5.75 Å². The number of carbonyl (C=O) groups is 1. The van der Waals surface area contributed by atoms with E-state index in [0.717, 1.165) is 19.5 Å². The lowest BCUT2D eigenvalue weighted by molar-refractivity contribution is -0.132. The van der Waals surface area contributed by atoms with Crippen molar-refractivity contribution in [1.29, 1.82) is 0 Å².